The minimum Gasteiger partial charge on any atom is -0.381 e. The Morgan fingerprint density at radius 2 is 1.73 bits per heavy atom. The molecule has 0 aliphatic carbocycles. The van der Waals surface area contributed by atoms with Crippen LogP contribution in [0.4, 0.5) is 11.4 Å². The van der Waals surface area contributed by atoms with Crippen molar-refractivity contribution in [1.29, 1.82) is 0 Å². The van der Waals surface area contributed by atoms with Crippen LogP contribution < -0.4 is 21.3 Å². The normalized spacial score (nSPS) is 22.6. The number of nitrogens with two attached hydrogens (primary N) is 1. The third kappa shape index (κ3) is 3.95. The van der Waals surface area contributed by atoms with Gasteiger partial charge in [0, 0.05) is 43.5 Å². The first-order valence-electron chi connectivity index (χ1n) is 11.1. The van der Waals surface area contributed by atoms with Gasteiger partial charge in [-0.25, -0.2) is 0 Å². The first kappa shape index (κ1) is 21.1. The maximum absolute atomic E-state index is 13.0. The lowest BCUT2D eigenvalue weighted by Crippen LogP contribution is -2.54. The summed E-state index contributed by atoms with van der Waals surface area (Å²) < 4.78 is 0. The number of benzene rings is 2. The van der Waals surface area contributed by atoms with Crippen molar-refractivity contribution < 1.29 is 19.2 Å². The second-order valence-corrected chi connectivity index (χ2v) is 8.72. The summed E-state index contributed by atoms with van der Waals surface area (Å²) >= 11 is 0. The van der Waals surface area contributed by atoms with Gasteiger partial charge in [-0.3, -0.25) is 29.4 Å². The molecule has 2 atom stereocenters. The molecule has 0 aromatic heterocycles. The van der Waals surface area contributed by atoms with E-state index in [1.54, 1.807) is 18.2 Å². The number of fused-ring (bicyclic) bond motifs is 1. The highest BCUT2D eigenvalue weighted by atomic mass is 16.2. The van der Waals surface area contributed by atoms with Gasteiger partial charge in [-0.15, -0.1) is 0 Å². The quantitative estimate of drug-likeness (QED) is 0.589. The predicted molar refractivity (Wildman–Crippen MR) is 122 cm³/mol. The molecule has 2 saturated heterocycles. The van der Waals surface area contributed by atoms with E-state index in [1.807, 2.05) is 12.1 Å². The number of carbonyl (C=O) groups excluding carboxylic acids is 4. The average Bonchev–Trinajstić information content (AvgIpc) is 3.34. The lowest BCUT2D eigenvalue weighted by atomic mass is 10.0. The monoisotopic (exact) mass is 447 g/mol. The SMILES string of the molecule is NC1CCN(c2ccc(NCc3ccc4c(c3)C(=O)N(C3CCC(=O)NC3=O)C4=O)cc2)C1. The topological polar surface area (TPSA) is 125 Å². The van der Waals surface area contributed by atoms with E-state index in [-0.39, 0.29) is 30.0 Å². The van der Waals surface area contributed by atoms with E-state index in [9.17, 15) is 19.2 Å². The molecule has 2 aromatic carbocycles. The van der Waals surface area contributed by atoms with Gasteiger partial charge in [0.25, 0.3) is 11.8 Å². The second kappa shape index (κ2) is 8.32. The zero-order chi connectivity index (χ0) is 23.1. The lowest BCUT2D eigenvalue weighted by Gasteiger charge is -2.27. The van der Waals surface area contributed by atoms with Crippen molar-refractivity contribution in [2.45, 2.75) is 37.9 Å². The minimum absolute atomic E-state index is 0.0995. The minimum atomic E-state index is -0.958. The third-order valence-electron chi connectivity index (χ3n) is 6.46. The molecule has 9 nitrogen and oxygen atoms in total. The summed E-state index contributed by atoms with van der Waals surface area (Å²) in [6.07, 6.45) is 1.24. The fourth-order valence-electron chi connectivity index (χ4n) is 4.64. The predicted octanol–water partition coefficient (Wildman–Crippen LogP) is 1.24. The Balaban J connectivity index is 1.26. The number of hydrogen-bond donors (Lipinski definition) is 3. The number of rotatable bonds is 5. The molecule has 0 spiro atoms. The van der Waals surface area contributed by atoms with Crippen LogP contribution in [0.1, 0.15) is 45.5 Å². The van der Waals surface area contributed by atoms with Crippen LogP contribution in [0.15, 0.2) is 42.5 Å². The standard InChI is InChI=1S/C24H25N5O4/c25-15-9-10-28(13-15)17-4-2-16(3-5-17)26-12-14-1-6-18-19(11-14)24(33)29(23(18)32)20-7-8-21(30)27-22(20)31/h1-6,11,15,20,26H,7-10,12-13,25H2,(H,27,30,31). The van der Waals surface area contributed by atoms with Gasteiger partial charge < -0.3 is 16.0 Å². The lowest BCUT2D eigenvalue weighted by molar-refractivity contribution is -0.136. The Hall–Kier alpha value is -3.72. The van der Waals surface area contributed by atoms with E-state index >= 15 is 0 Å². The Bertz CT molecular complexity index is 1150. The molecule has 0 bridgehead atoms. The van der Waals surface area contributed by atoms with E-state index in [1.165, 1.54) is 0 Å². The Kier molecular flexibility index (Phi) is 5.33. The maximum atomic E-state index is 13.0. The van der Waals surface area contributed by atoms with Crippen molar-refractivity contribution in [2.24, 2.45) is 5.73 Å². The maximum Gasteiger partial charge on any atom is 0.262 e. The van der Waals surface area contributed by atoms with Crippen molar-refractivity contribution in [3.63, 3.8) is 0 Å². The molecular weight excluding hydrogens is 422 g/mol. The zero-order valence-electron chi connectivity index (χ0n) is 18.0. The van der Waals surface area contributed by atoms with Crippen LogP contribution in [-0.4, -0.2) is 53.7 Å². The number of anilines is 2. The summed E-state index contributed by atoms with van der Waals surface area (Å²) in [6, 6.07) is 12.5. The summed E-state index contributed by atoms with van der Waals surface area (Å²) in [7, 11) is 0. The Labute approximate surface area is 190 Å². The van der Waals surface area contributed by atoms with E-state index in [4.69, 9.17) is 5.73 Å². The van der Waals surface area contributed by atoms with Crippen molar-refractivity contribution in [2.75, 3.05) is 23.3 Å². The summed E-state index contributed by atoms with van der Waals surface area (Å²) in [5, 5.41) is 5.54. The van der Waals surface area contributed by atoms with Crippen molar-refractivity contribution in [3.05, 3.63) is 59.2 Å². The van der Waals surface area contributed by atoms with Crippen molar-refractivity contribution in [1.82, 2.24) is 10.2 Å². The average molecular weight is 447 g/mol. The van der Waals surface area contributed by atoms with Gasteiger partial charge in [-0.05, 0) is 54.8 Å². The van der Waals surface area contributed by atoms with E-state index in [2.05, 4.69) is 27.7 Å². The molecule has 0 radical (unpaired) electrons. The Morgan fingerprint density at radius 3 is 2.42 bits per heavy atom. The van der Waals surface area contributed by atoms with Crippen LogP contribution in [0.25, 0.3) is 0 Å². The molecule has 3 heterocycles. The number of hydrogen-bond acceptors (Lipinski definition) is 7. The molecule has 170 valence electrons. The first-order valence-corrected chi connectivity index (χ1v) is 11.1. The number of amides is 4. The van der Waals surface area contributed by atoms with E-state index in [0.717, 1.165) is 41.3 Å². The molecule has 4 amide bonds. The molecule has 2 aromatic rings. The molecule has 4 N–H and O–H groups in total. The van der Waals surface area contributed by atoms with E-state index < -0.39 is 29.7 Å². The number of piperidine rings is 1. The highest BCUT2D eigenvalue weighted by Gasteiger charge is 2.44. The van der Waals surface area contributed by atoms with Gasteiger partial charge in [-0.2, -0.15) is 0 Å². The number of nitrogens with zero attached hydrogens (tertiary/aromatic N) is 2. The number of nitrogens with one attached hydrogen (secondary N) is 2. The summed E-state index contributed by atoms with van der Waals surface area (Å²) in [6.45, 7) is 2.30. The van der Waals surface area contributed by atoms with Crippen molar-refractivity contribution >= 4 is 35.0 Å². The van der Waals surface area contributed by atoms with Crippen LogP contribution >= 0.6 is 0 Å². The molecule has 3 aliphatic rings. The zero-order valence-corrected chi connectivity index (χ0v) is 18.0. The van der Waals surface area contributed by atoms with Crippen LogP contribution in [0.5, 0.6) is 0 Å². The summed E-state index contributed by atoms with van der Waals surface area (Å²) in [5.41, 5.74) is 9.48. The molecule has 3 aliphatic heterocycles. The van der Waals surface area contributed by atoms with Crippen molar-refractivity contribution in [3.8, 4) is 0 Å². The fourth-order valence-corrected chi connectivity index (χ4v) is 4.64. The van der Waals surface area contributed by atoms with Gasteiger partial charge in [0.05, 0.1) is 11.1 Å². The highest BCUT2D eigenvalue weighted by Crippen LogP contribution is 2.29. The number of carbonyl (C=O) groups is 4. The van der Waals surface area contributed by atoms with Crippen LogP contribution in [0.3, 0.4) is 0 Å². The highest BCUT2D eigenvalue weighted by molar-refractivity contribution is 6.23. The van der Waals surface area contributed by atoms with Gasteiger partial charge in [0.1, 0.15) is 6.04 Å². The summed E-state index contributed by atoms with van der Waals surface area (Å²) in [4.78, 5) is 52.6. The molecule has 33 heavy (non-hydrogen) atoms. The third-order valence-corrected chi connectivity index (χ3v) is 6.46. The molecule has 0 saturated carbocycles. The van der Waals surface area contributed by atoms with Gasteiger partial charge in [0.15, 0.2) is 0 Å². The van der Waals surface area contributed by atoms with Gasteiger partial charge in [0.2, 0.25) is 11.8 Å². The van der Waals surface area contributed by atoms with E-state index in [0.29, 0.717) is 6.54 Å². The summed E-state index contributed by atoms with van der Waals surface area (Å²) in [5.74, 6) is -2.00. The largest absolute Gasteiger partial charge is 0.381 e. The first-order chi connectivity index (χ1) is 15.9. The van der Waals surface area contributed by atoms with Crippen LogP contribution in [0.2, 0.25) is 0 Å². The molecule has 9 heteroatoms. The molecule has 5 rings (SSSR count). The van der Waals surface area contributed by atoms with Crippen LogP contribution in [0, 0.1) is 0 Å². The molecular formula is C24H25N5O4. The smallest absolute Gasteiger partial charge is 0.262 e. The van der Waals surface area contributed by atoms with Gasteiger partial charge >= 0.3 is 0 Å². The second-order valence-electron chi connectivity index (χ2n) is 8.72. The fraction of sp³-hybridized carbons (Fsp3) is 0.333. The van der Waals surface area contributed by atoms with Gasteiger partial charge in [-0.1, -0.05) is 6.07 Å². The molecule has 2 fully saturated rings. The van der Waals surface area contributed by atoms with Crippen LogP contribution in [-0.2, 0) is 16.1 Å². The Morgan fingerprint density at radius 1 is 0.970 bits per heavy atom. The molecule has 2 unspecified atom stereocenters. The number of imide groups is 2.